The molecule has 0 saturated carbocycles. The van der Waals surface area contributed by atoms with Crippen LogP contribution in [0.5, 0.6) is 0 Å². The molecule has 0 aliphatic carbocycles. The van der Waals surface area contributed by atoms with Crippen LogP contribution >= 0.6 is 0 Å². The molecule has 1 rings (SSSR count). The van der Waals surface area contributed by atoms with Crippen LogP contribution in [0.2, 0.25) is 0 Å². The van der Waals surface area contributed by atoms with E-state index in [-0.39, 0.29) is 12.8 Å². The summed E-state index contributed by atoms with van der Waals surface area (Å²) in [6.07, 6.45) is 0.232. The standard InChI is InChI=1S/C10H14N2O4S/c1-11-17(15,16)12-9-5-3-2-4-8(9)6-7-10(13)14/h2-5,11-12H,6-7H2,1H3,(H,13,14). The average Bonchev–Trinajstić information content (AvgIpc) is 2.27. The maximum Gasteiger partial charge on any atom is 0.303 e. The van der Waals surface area contributed by atoms with Crippen molar-refractivity contribution in [3.63, 3.8) is 0 Å². The molecule has 94 valence electrons. The lowest BCUT2D eigenvalue weighted by Gasteiger charge is -2.10. The minimum Gasteiger partial charge on any atom is -0.481 e. The van der Waals surface area contributed by atoms with Crippen LogP contribution in [-0.4, -0.2) is 26.5 Å². The molecule has 0 radical (unpaired) electrons. The summed E-state index contributed by atoms with van der Waals surface area (Å²) in [6.45, 7) is 0. The predicted octanol–water partition coefficient (Wildman–Crippen LogP) is 0.580. The van der Waals surface area contributed by atoms with Crippen LogP contribution in [-0.2, 0) is 21.4 Å². The van der Waals surface area contributed by atoms with Gasteiger partial charge in [0, 0.05) is 13.5 Å². The summed E-state index contributed by atoms with van der Waals surface area (Å²) in [5.41, 5.74) is 1.04. The zero-order valence-corrected chi connectivity index (χ0v) is 10.1. The van der Waals surface area contributed by atoms with Crippen molar-refractivity contribution in [3.05, 3.63) is 29.8 Å². The van der Waals surface area contributed by atoms with Gasteiger partial charge >= 0.3 is 5.97 Å². The van der Waals surface area contributed by atoms with E-state index >= 15 is 0 Å². The zero-order valence-electron chi connectivity index (χ0n) is 9.30. The fourth-order valence-electron chi connectivity index (χ4n) is 1.28. The van der Waals surface area contributed by atoms with E-state index in [4.69, 9.17) is 5.11 Å². The number of nitrogens with one attached hydrogen (secondary N) is 2. The maximum absolute atomic E-state index is 11.3. The largest absolute Gasteiger partial charge is 0.481 e. The van der Waals surface area contributed by atoms with E-state index in [0.29, 0.717) is 11.3 Å². The zero-order chi connectivity index (χ0) is 12.9. The average molecular weight is 258 g/mol. The van der Waals surface area contributed by atoms with Gasteiger partial charge in [0.25, 0.3) is 10.2 Å². The number of aryl methyl sites for hydroxylation is 1. The van der Waals surface area contributed by atoms with Gasteiger partial charge in [-0.15, -0.1) is 0 Å². The summed E-state index contributed by atoms with van der Waals surface area (Å²) in [4.78, 5) is 10.5. The fraction of sp³-hybridized carbons (Fsp3) is 0.300. The first-order chi connectivity index (χ1) is 7.94. The van der Waals surface area contributed by atoms with Crippen molar-refractivity contribution in [2.24, 2.45) is 0 Å². The van der Waals surface area contributed by atoms with Crippen molar-refractivity contribution in [2.75, 3.05) is 11.8 Å². The van der Waals surface area contributed by atoms with E-state index in [9.17, 15) is 13.2 Å². The van der Waals surface area contributed by atoms with Crippen molar-refractivity contribution in [3.8, 4) is 0 Å². The number of aliphatic carboxylic acids is 1. The lowest BCUT2D eigenvalue weighted by atomic mass is 10.1. The number of anilines is 1. The van der Waals surface area contributed by atoms with Crippen molar-refractivity contribution in [1.82, 2.24) is 4.72 Å². The number of carboxylic acid groups (broad SMARTS) is 1. The van der Waals surface area contributed by atoms with Gasteiger partial charge in [-0.2, -0.15) is 8.42 Å². The molecule has 0 aliphatic rings. The Kier molecular flexibility index (Phi) is 4.47. The number of para-hydroxylation sites is 1. The van der Waals surface area contributed by atoms with Crippen molar-refractivity contribution in [1.29, 1.82) is 0 Å². The second-order valence-corrected chi connectivity index (χ2v) is 4.98. The third-order valence-electron chi connectivity index (χ3n) is 2.14. The van der Waals surface area contributed by atoms with Crippen LogP contribution in [0.25, 0.3) is 0 Å². The van der Waals surface area contributed by atoms with Gasteiger partial charge in [-0.05, 0) is 18.1 Å². The SMILES string of the molecule is CNS(=O)(=O)Nc1ccccc1CCC(=O)O. The monoisotopic (exact) mass is 258 g/mol. The van der Waals surface area contributed by atoms with Crippen LogP contribution in [0.15, 0.2) is 24.3 Å². The Hall–Kier alpha value is -1.60. The molecule has 0 bridgehead atoms. The van der Waals surface area contributed by atoms with Gasteiger partial charge in [-0.1, -0.05) is 18.2 Å². The number of carboxylic acids is 1. The molecule has 0 unspecified atom stereocenters. The maximum atomic E-state index is 11.3. The van der Waals surface area contributed by atoms with Crippen LogP contribution in [0.4, 0.5) is 5.69 Å². The van der Waals surface area contributed by atoms with Crippen molar-refractivity contribution >= 4 is 21.9 Å². The number of carbonyl (C=O) groups is 1. The molecule has 6 nitrogen and oxygen atoms in total. The van der Waals surface area contributed by atoms with E-state index in [1.165, 1.54) is 7.05 Å². The van der Waals surface area contributed by atoms with Gasteiger partial charge in [-0.25, -0.2) is 4.72 Å². The normalized spacial score (nSPS) is 11.1. The van der Waals surface area contributed by atoms with Gasteiger partial charge in [0.05, 0.1) is 5.69 Å². The summed E-state index contributed by atoms with van der Waals surface area (Å²) < 4.78 is 27.1. The minimum absolute atomic E-state index is 0.0434. The summed E-state index contributed by atoms with van der Waals surface area (Å²) in [5.74, 6) is -0.920. The second kappa shape index (κ2) is 5.65. The molecule has 1 aromatic carbocycles. The summed E-state index contributed by atoms with van der Waals surface area (Å²) in [7, 11) is -2.29. The molecule has 0 heterocycles. The summed E-state index contributed by atoms with van der Waals surface area (Å²) in [5, 5.41) is 8.59. The molecular weight excluding hydrogens is 244 g/mol. The number of rotatable bonds is 6. The fourth-order valence-corrected chi connectivity index (χ4v) is 1.87. The van der Waals surface area contributed by atoms with Gasteiger partial charge in [-0.3, -0.25) is 9.52 Å². The van der Waals surface area contributed by atoms with Crippen molar-refractivity contribution < 1.29 is 18.3 Å². The highest BCUT2D eigenvalue weighted by atomic mass is 32.2. The summed E-state index contributed by atoms with van der Waals surface area (Å²) in [6, 6.07) is 6.69. The molecule has 0 fully saturated rings. The third kappa shape index (κ3) is 4.41. The Morgan fingerprint density at radius 3 is 2.59 bits per heavy atom. The molecule has 0 atom stereocenters. The molecule has 0 spiro atoms. The van der Waals surface area contributed by atoms with Crippen LogP contribution < -0.4 is 9.44 Å². The van der Waals surface area contributed by atoms with Gasteiger partial charge < -0.3 is 5.11 Å². The quantitative estimate of drug-likeness (QED) is 0.695. The van der Waals surface area contributed by atoms with Gasteiger partial charge in [0.15, 0.2) is 0 Å². The summed E-state index contributed by atoms with van der Waals surface area (Å²) >= 11 is 0. The van der Waals surface area contributed by atoms with E-state index in [2.05, 4.69) is 9.44 Å². The number of benzene rings is 1. The van der Waals surface area contributed by atoms with E-state index in [0.717, 1.165) is 0 Å². The lowest BCUT2D eigenvalue weighted by molar-refractivity contribution is -0.136. The topological polar surface area (TPSA) is 95.5 Å². The highest BCUT2D eigenvalue weighted by molar-refractivity contribution is 7.90. The van der Waals surface area contributed by atoms with Crippen LogP contribution in [0.3, 0.4) is 0 Å². The Labute approximate surface area is 99.8 Å². The number of hydrogen-bond donors (Lipinski definition) is 3. The van der Waals surface area contributed by atoms with Crippen LogP contribution in [0, 0.1) is 0 Å². The first kappa shape index (κ1) is 13.5. The Bertz CT molecular complexity index is 499. The Morgan fingerprint density at radius 2 is 2.00 bits per heavy atom. The number of hydrogen-bond acceptors (Lipinski definition) is 3. The van der Waals surface area contributed by atoms with E-state index < -0.39 is 16.2 Å². The molecular formula is C10H14N2O4S. The first-order valence-corrected chi connectivity index (χ1v) is 6.44. The smallest absolute Gasteiger partial charge is 0.303 e. The highest BCUT2D eigenvalue weighted by Gasteiger charge is 2.10. The van der Waals surface area contributed by atoms with Gasteiger partial charge in [0.2, 0.25) is 0 Å². The minimum atomic E-state index is -3.58. The predicted molar refractivity (Wildman–Crippen MR) is 64.0 cm³/mol. The third-order valence-corrected chi connectivity index (χ3v) is 3.16. The highest BCUT2D eigenvalue weighted by Crippen LogP contribution is 2.17. The molecule has 0 aliphatic heterocycles. The van der Waals surface area contributed by atoms with Crippen molar-refractivity contribution in [2.45, 2.75) is 12.8 Å². The van der Waals surface area contributed by atoms with E-state index in [1.54, 1.807) is 24.3 Å². The second-order valence-electron chi connectivity index (χ2n) is 3.36. The molecule has 1 aromatic rings. The lowest BCUT2D eigenvalue weighted by Crippen LogP contribution is -2.26. The molecule has 3 N–H and O–H groups in total. The van der Waals surface area contributed by atoms with E-state index in [1.807, 2.05) is 0 Å². The van der Waals surface area contributed by atoms with Gasteiger partial charge in [0.1, 0.15) is 0 Å². The molecule has 7 heteroatoms. The first-order valence-electron chi connectivity index (χ1n) is 4.95. The molecule has 17 heavy (non-hydrogen) atoms. The van der Waals surface area contributed by atoms with Crippen LogP contribution in [0.1, 0.15) is 12.0 Å². The molecule has 0 amide bonds. The Morgan fingerprint density at radius 1 is 1.35 bits per heavy atom. The Balaban J connectivity index is 2.88. The molecule has 0 aromatic heterocycles. The molecule has 0 saturated heterocycles.